The molecule has 0 radical (unpaired) electrons. The van der Waals surface area contributed by atoms with Crippen LogP contribution in [0.3, 0.4) is 0 Å². The first kappa shape index (κ1) is 29.3. The number of carbonyl (C=O) groups is 3. The molecule has 4 rings (SSSR count). The van der Waals surface area contributed by atoms with E-state index in [2.05, 4.69) is 13.2 Å². The smallest absolute Gasteiger partial charge is 0.313 e. The lowest BCUT2D eigenvalue weighted by Crippen LogP contribution is -2.60. The molecule has 212 valence electrons. The van der Waals surface area contributed by atoms with E-state index in [0.29, 0.717) is 23.6 Å². The zero-order valence-corrected chi connectivity index (χ0v) is 23.9. The van der Waals surface area contributed by atoms with Gasteiger partial charge in [-0.05, 0) is 37.3 Å². The molecule has 0 aliphatic carbocycles. The van der Waals surface area contributed by atoms with Crippen LogP contribution in [0.4, 0.5) is 5.69 Å². The van der Waals surface area contributed by atoms with Gasteiger partial charge in [0.25, 0.3) is 5.91 Å². The van der Waals surface area contributed by atoms with Gasteiger partial charge in [0, 0.05) is 6.54 Å². The third kappa shape index (κ3) is 4.41. The summed E-state index contributed by atoms with van der Waals surface area (Å²) >= 11 is 6.53. The summed E-state index contributed by atoms with van der Waals surface area (Å²) in [6.45, 7) is 15.0. The standard InChI is InChI=1S/C30H39ClN2O6/c1-7-14-32(21-13-11-10-12-20(21)31)27(36)25-30-16-19(5)29(6,39-30)24(28(37)38-15-8-2)23(30)26(35)33(25)22(17-34)18(4)9-3/h7-8,10-13,18-19,22-25,34H,1-2,9,14-17H2,3-6H3/t18-,19?,22-,23-,24-,25?,29+,30?/m0/s1. The summed E-state index contributed by atoms with van der Waals surface area (Å²) in [5, 5.41) is 10.9. The van der Waals surface area contributed by atoms with E-state index >= 15 is 0 Å². The Labute approximate surface area is 235 Å². The minimum absolute atomic E-state index is 0.00549. The fourth-order valence-electron chi connectivity index (χ4n) is 6.97. The summed E-state index contributed by atoms with van der Waals surface area (Å²) in [7, 11) is 0. The number of rotatable bonds is 11. The minimum Gasteiger partial charge on any atom is -0.461 e. The van der Waals surface area contributed by atoms with Crippen LogP contribution in [0.1, 0.15) is 40.5 Å². The topological polar surface area (TPSA) is 96.4 Å². The van der Waals surface area contributed by atoms with E-state index in [0.717, 1.165) is 0 Å². The van der Waals surface area contributed by atoms with Crippen LogP contribution in [0, 0.1) is 23.7 Å². The molecule has 2 bridgehead atoms. The lowest BCUT2D eigenvalue weighted by Gasteiger charge is -2.41. The summed E-state index contributed by atoms with van der Waals surface area (Å²) < 4.78 is 12.2. The highest BCUT2D eigenvalue weighted by atomic mass is 35.5. The first-order valence-corrected chi connectivity index (χ1v) is 14.0. The van der Waals surface area contributed by atoms with Crippen molar-refractivity contribution in [3.8, 4) is 0 Å². The Morgan fingerprint density at radius 2 is 2.03 bits per heavy atom. The molecule has 1 aromatic carbocycles. The average Bonchev–Trinajstić information content (AvgIpc) is 3.43. The molecular weight excluding hydrogens is 520 g/mol. The number of para-hydroxylation sites is 1. The van der Waals surface area contributed by atoms with E-state index in [1.807, 2.05) is 27.7 Å². The number of carbonyl (C=O) groups excluding carboxylic acids is 3. The van der Waals surface area contributed by atoms with Crippen molar-refractivity contribution in [2.45, 2.75) is 63.8 Å². The Bertz CT molecular complexity index is 1160. The molecule has 1 aromatic rings. The SMILES string of the molecule is C=CCOC(=O)[C@@H]1[C@H]2C(=O)N([C@@H](CO)[C@@H](C)CC)C(C(=O)N(CC=C)c3ccccc3Cl)C23CC(C)[C@@]1(C)O3. The molecule has 0 aromatic heterocycles. The van der Waals surface area contributed by atoms with Gasteiger partial charge < -0.3 is 24.4 Å². The molecule has 1 N–H and O–H groups in total. The van der Waals surface area contributed by atoms with E-state index in [9.17, 15) is 19.5 Å². The summed E-state index contributed by atoms with van der Waals surface area (Å²) in [6, 6.07) is 5.26. The van der Waals surface area contributed by atoms with Crippen LogP contribution in [0.15, 0.2) is 49.6 Å². The molecule has 2 amide bonds. The average molecular weight is 559 g/mol. The highest BCUT2D eigenvalue weighted by Gasteiger charge is 2.81. The molecule has 3 aliphatic rings. The van der Waals surface area contributed by atoms with E-state index in [4.69, 9.17) is 21.1 Å². The number of benzene rings is 1. The number of nitrogens with zero attached hydrogens (tertiary/aromatic N) is 2. The van der Waals surface area contributed by atoms with Gasteiger partial charge in [0.1, 0.15) is 24.2 Å². The normalized spacial score (nSPS) is 32.5. The number of aliphatic hydroxyl groups excluding tert-OH is 1. The van der Waals surface area contributed by atoms with Crippen LogP contribution in [0.25, 0.3) is 0 Å². The summed E-state index contributed by atoms with van der Waals surface area (Å²) in [5.41, 5.74) is -1.79. The molecular formula is C30H39ClN2O6. The Hall–Kier alpha value is -2.68. The lowest BCUT2D eigenvalue weighted by molar-refractivity contribution is -0.162. The largest absolute Gasteiger partial charge is 0.461 e. The monoisotopic (exact) mass is 558 g/mol. The third-order valence-corrected chi connectivity index (χ3v) is 9.47. The van der Waals surface area contributed by atoms with Crippen molar-refractivity contribution in [1.82, 2.24) is 4.90 Å². The number of amides is 2. The van der Waals surface area contributed by atoms with Gasteiger partial charge in [-0.3, -0.25) is 14.4 Å². The van der Waals surface area contributed by atoms with Gasteiger partial charge in [-0.15, -0.1) is 6.58 Å². The molecule has 3 aliphatic heterocycles. The van der Waals surface area contributed by atoms with E-state index < -0.39 is 47.0 Å². The maximum atomic E-state index is 14.7. The zero-order chi connectivity index (χ0) is 28.7. The van der Waals surface area contributed by atoms with Gasteiger partial charge in [0.2, 0.25) is 5.91 Å². The van der Waals surface area contributed by atoms with Gasteiger partial charge in [-0.2, -0.15) is 0 Å². The van der Waals surface area contributed by atoms with Crippen LogP contribution in [0.5, 0.6) is 0 Å². The molecule has 1 spiro atoms. The van der Waals surface area contributed by atoms with Crippen LogP contribution < -0.4 is 4.90 Å². The fraction of sp³-hybridized carbons (Fsp3) is 0.567. The van der Waals surface area contributed by atoms with Crippen LogP contribution in [-0.2, 0) is 23.9 Å². The van der Waals surface area contributed by atoms with Crippen molar-refractivity contribution >= 4 is 35.1 Å². The van der Waals surface area contributed by atoms with Crippen molar-refractivity contribution in [3.05, 3.63) is 54.6 Å². The van der Waals surface area contributed by atoms with Crippen LogP contribution >= 0.6 is 11.6 Å². The number of fused-ring (bicyclic) bond motifs is 1. The van der Waals surface area contributed by atoms with Crippen molar-refractivity contribution in [2.75, 3.05) is 24.7 Å². The number of aliphatic hydroxyl groups is 1. The fourth-order valence-corrected chi connectivity index (χ4v) is 7.21. The molecule has 8 nitrogen and oxygen atoms in total. The van der Waals surface area contributed by atoms with Crippen LogP contribution in [0.2, 0.25) is 5.02 Å². The number of likely N-dealkylation sites (tertiary alicyclic amines) is 1. The second-order valence-electron chi connectivity index (χ2n) is 11.2. The molecule has 3 fully saturated rings. The second kappa shape index (κ2) is 11.1. The molecule has 0 saturated carbocycles. The van der Waals surface area contributed by atoms with Gasteiger partial charge in [-0.1, -0.05) is 69.7 Å². The van der Waals surface area contributed by atoms with Crippen LogP contribution in [-0.4, -0.2) is 70.8 Å². The Morgan fingerprint density at radius 1 is 1.33 bits per heavy atom. The third-order valence-electron chi connectivity index (χ3n) is 9.15. The predicted octanol–water partition coefficient (Wildman–Crippen LogP) is 4.01. The number of hydrogen-bond donors (Lipinski definition) is 1. The molecule has 9 heteroatoms. The number of ether oxygens (including phenoxy) is 2. The van der Waals surface area contributed by atoms with Crippen molar-refractivity contribution < 1.29 is 29.0 Å². The van der Waals surface area contributed by atoms with Gasteiger partial charge in [0.15, 0.2) is 0 Å². The second-order valence-corrected chi connectivity index (χ2v) is 11.6. The quantitative estimate of drug-likeness (QED) is 0.326. The first-order chi connectivity index (χ1) is 18.5. The Balaban J connectivity index is 1.90. The molecule has 3 saturated heterocycles. The number of esters is 1. The summed E-state index contributed by atoms with van der Waals surface area (Å²) in [5.74, 6) is -3.40. The van der Waals surface area contributed by atoms with E-state index in [-0.39, 0.29) is 37.5 Å². The number of hydrogen-bond acceptors (Lipinski definition) is 6. The van der Waals surface area contributed by atoms with Gasteiger partial charge in [-0.25, -0.2) is 0 Å². The zero-order valence-electron chi connectivity index (χ0n) is 23.1. The van der Waals surface area contributed by atoms with Gasteiger partial charge in [0.05, 0.1) is 34.9 Å². The lowest BCUT2D eigenvalue weighted by atomic mass is 9.62. The predicted molar refractivity (Wildman–Crippen MR) is 149 cm³/mol. The molecule has 39 heavy (non-hydrogen) atoms. The molecule has 3 heterocycles. The maximum Gasteiger partial charge on any atom is 0.313 e. The van der Waals surface area contributed by atoms with Crippen molar-refractivity contribution in [3.63, 3.8) is 0 Å². The van der Waals surface area contributed by atoms with Crippen molar-refractivity contribution in [1.29, 1.82) is 0 Å². The van der Waals surface area contributed by atoms with E-state index in [1.165, 1.54) is 15.9 Å². The first-order valence-electron chi connectivity index (χ1n) is 13.6. The number of halogens is 1. The molecule has 8 atom stereocenters. The highest BCUT2D eigenvalue weighted by Crippen LogP contribution is 2.66. The van der Waals surface area contributed by atoms with E-state index in [1.54, 1.807) is 30.3 Å². The summed E-state index contributed by atoms with van der Waals surface area (Å²) in [6.07, 6.45) is 4.15. The Kier molecular flexibility index (Phi) is 8.31. The minimum atomic E-state index is -1.28. The maximum absolute atomic E-state index is 14.7. The summed E-state index contributed by atoms with van der Waals surface area (Å²) in [4.78, 5) is 45.6. The highest BCUT2D eigenvalue weighted by molar-refractivity contribution is 6.34. The van der Waals surface area contributed by atoms with Crippen molar-refractivity contribution in [2.24, 2.45) is 23.7 Å². The number of anilines is 1. The Morgan fingerprint density at radius 3 is 2.62 bits per heavy atom. The van der Waals surface area contributed by atoms with Gasteiger partial charge >= 0.3 is 5.97 Å². The molecule has 3 unspecified atom stereocenters.